The van der Waals surface area contributed by atoms with Crippen molar-refractivity contribution < 1.29 is 13.2 Å². The van der Waals surface area contributed by atoms with Gasteiger partial charge in [0.25, 0.3) is 0 Å². The van der Waals surface area contributed by atoms with Crippen molar-refractivity contribution in [2.24, 2.45) is 0 Å². The van der Waals surface area contributed by atoms with E-state index in [9.17, 15) is 8.42 Å². The molecule has 1 aromatic rings. The highest BCUT2D eigenvalue weighted by Gasteiger charge is 2.13. The van der Waals surface area contributed by atoms with Gasteiger partial charge in [0.2, 0.25) is 10.0 Å². The van der Waals surface area contributed by atoms with Gasteiger partial charge in [0, 0.05) is 5.69 Å². The molecule has 1 rings (SSSR count). The fourth-order valence-corrected chi connectivity index (χ4v) is 2.53. The summed E-state index contributed by atoms with van der Waals surface area (Å²) in [5.41, 5.74) is 8.64. The van der Waals surface area contributed by atoms with Gasteiger partial charge in [-0.1, -0.05) is 0 Å². The number of hydrogen-bond acceptors (Lipinski definition) is 4. The van der Waals surface area contributed by atoms with Crippen LogP contribution < -0.4 is 10.5 Å². The number of ether oxygens (including phenoxy) is 1. The van der Waals surface area contributed by atoms with Crippen LogP contribution in [0, 0.1) is 13.8 Å². The topological polar surface area (TPSA) is 81.4 Å². The van der Waals surface area contributed by atoms with E-state index in [0.29, 0.717) is 11.4 Å². The Morgan fingerprint density at radius 2 is 1.89 bits per heavy atom. The van der Waals surface area contributed by atoms with Crippen LogP contribution in [0.1, 0.15) is 25.0 Å². The summed E-state index contributed by atoms with van der Waals surface area (Å²) in [6, 6.07) is 3.50. The van der Waals surface area contributed by atoms with Crippen molar-refractivity contribution in [2.45, 2.75) is 33.8 Å². The second-order valence-corrected chi connectivity index (χ2v) is 6.71. The zero-order chi connectivity index (χ0) is 14.6. The molecule has 0 amide bonds. The van der Waals surface area contributed by atoms with Crippen LogP contribution in [0.4, 0.5) is 11.4 Å². The highest BCUT2D eigenvalue weighted by molar-refractivity contribution is 7.92. The summed E-state index contributed by atoms with van der Waals surface area (Å²) in [4.78, 5) is 0. The van der Waals surface area contributed by atoms with Crippen molar-refractivity contribution in [1.82, 2.24) is 0 Å². The van der Waals surface area contributed by atoms with Gasteiger partial charge < -0.3 is 10.5 Å². The lowest BCUT2D eigenvalue weighted by molar-refractivity contribution is 0.0913. The minimum absolute atomic E-state index is 0.0238. The fraction of sp³-hybridized carbons (Fsp3) is 0.538. The van der Waals surface area contributed by atoms with Crippen LogP contribution in [0.3, 0.4) is 0 Å². The Morgan fingerprint density at radius 3 is 2.47 bits per heavy atom. The molecule has 0 aliphatic carbocycles. The van der Waals surface area contributed by atoms with Gasteiger partial charge >= 0.3 is 0 Å². The number of aryl methyl sites for hydroxylation is 2. The van der Waals surface area contributed by atoms with Gasteiger partial charge in [-0.05, 0) is 51.0 Å². The number of nitrogens with two attached hydrogens (primary N) is 1. The average Bonchev–Trinajstić information content (AvgIpc) is 2.24. The van der Waals surface area contributed by atoms with Crippen LogP contribution in [0.25, 0.3) is 0 Å². The summed E-state index contributed by atoms with van der Waals surface area (Å²) in [5.74, 6) is -0.0615. The molecule has 0 heterocycles. The van der Waals surface area contributed by atoms with Crippen molar-refractivity contribution in [3.05, 3.63) is 23.3 Å². The average molecular weight is 286 g/mol. The number of benzene rings is 1. The van der Waals surface area contributed by atoms with E-state index >= 15 is 0 Å². The van der Waals surface area contributed by atoms with Crippen LogP contribution in [0.5, 0.6) is 0 Å². The Hall–Kier alpha value is -1.27. The smallest absolute Gasteiger partial charge is 0.235 e. The maximum atomic E-state index is 11.9. The number of rotatable bonds is 6. The number of anilines is 2. The van der Waals surface area contributed by atoms with Crippen molar-refractivity contribution >= 4 is 21.4 Å². The zero-order valence-electron chi connectivity index (χ0n) is 11.9. The SMILES string of the molecule is Cc1cc(NS(=O)(=O)CCOC(C)C)c(C)cc1N. The molecule has 0 saturated carbocycles. The van der Waals surface area contributed by atoms with E-state index < -0.39 is 10.0 Å². The number of sulfonamides is 1. The molecule has 0 aliphatic heterocycles. The largest absolute Gasteiger partial charge is 0.399 e. The molecule has 1 aromatic carbocycles. The molecule has 0 atom stereocenters. The molecule has 0 bridgehead atoms. The first-order chi connectivity index (χ1) is 8.71. The van der Waals surface area contributed by atoms with Gasteiger partial charge in [0.1, 0.15) is 0 Å². The van der Waals surface area contributed by atoms with E-state index in [-0.39, 0.29) is 18.5 Å². The molecule has 108 valence electrons. The third kappa shape index (κ3) is 5.08. The lowest BCUT2D eigenvalue weighted by Gasteiger charge is -2.13. The van der Waals surface area contributed by atoms with Crippen molar-refractivity contribution in [2.75, 3.05) is 22.8 Å². The molecule has 3 N–H and O–H groups in total. The Balaban J connectivity index is 2.76. The van der Waals surface area contributed by atoms with Crippen LogP contribution in [-0.4, -0.2) is 26.9 Å². The van der Waals surface area contributed by atoms with Gasteiger partial charge in [-0.2, -0.15) is 0 Å². The summed E-state index contributed by atoms with van der Waals surface area (Å²) in [7, 11) is -3.40. The second-order valence-electron chi connectivity index (χ2n) is 4.86. The van der Waals surface area contributed by atoms with E-state index in [1.165, 1.54) is 0 Å². The molecule has 6 heteroatoms. The summed E-state index contributed by atoms with van der Waals surface area (Å²) in [6.07, 6.45) is 0.0238. The first kappa shape index (κ1) is 15.8. The Labute approximate surface area is 115 Å². The molecule has 0 aliphatic rings. The summed E-state index contributed by atoms with van der Waals surface area (Å²) in [5, 5.41) is 0. The molecule has 0 fully saturated rings. The number of nitrogens with one attached hydrogen (secondary N) is 1. The second kappa shape index (κ2) is 6.25. The van der Waals surface area contributed by atoms with E-state index in [2.05, 4.69) is 4.72 Å². The van der Waals surface area contributed by atoms with E-state index in [0.717, 1.165) is 11.1 Å². The fourth-order valence-electron chi connectivity index (χ4n) is 1.56. The van der Waals surface area contributed by atoms with Crippen molar-refractivity contribution in [3.8, 4) is 0 Å². The molecule has 0 unspecified atom stereocenters. The monoisotopic (exact) mass is 286 g/mol. The third-order valence-electron chi connectivity index (χ3n) is 2.68. The first-order valence-corrected chi connectivity index (χ1v) is 7.85. The lowest BCUT2D eigenvalue weighted by Crippen LogP contribution is -2.22. The molecule has 0 saturated heterocycles. The molecule has 5 nitrogen and oxygen atoms in total. The highest BCUT2D eigenvalue weighted by atomic mass is 32.2. The molecular weight excluding hydrogens is 264 g/mol. The van der Waals surface area contributed by atoms with Gasteiger partial charge in [0.05, 0.1) is 24.2 Å². The van der Waals surface area contributed by atoms with E-state index in [1.54, 1.807) is 12.1 Å². The van der Waals surface area contributed by atoms with Crippen molar-refractivity contribution in [3.63, 3.8) is 0 Å². The first-order valence-electron chi connectivity index (χ1n) is 6.20. The van der Waals surface area contributed by atoms with Gasteiger partial charge in [-0.15, -0.1) is 0 Å². The maximum absolute atomic E-state index is 11.9. The summed E-state index contributed by atoms with van der Waals surface area (Å²) in [6.45, 7) is 7.58. The predicted octanol–water partition coefficient (Wildman–Crippen LogP) is 2.05. The Kier molecular flexibility index (Phi) is 5.20. The van der Waals surface area contributed by atoms with Crippen LogP contribution in [-0.2, 0) is 14.8 Å². The minimum Gasteiger partial charge on any atom is -0.399 e. The Bertz CT molecular complexity index is 539. The van der Waals surface area contributed by atoms with Gasteiger partial charge in [-0.25, -0.2) is 8.42 Å². The van der Waals surface area contributed by atoms with Crippen LogP contribution in [0.15, 0.2) is 12.1 Å². The molecule has 0 spiro atoms. The summed E-state index contributed by atoms with van der Waals surface area (Å²) >= 11 is 0. The van der Waals surface area contributed by atoms with Gasteiger partial charge in [0.15, 0.2) is 0 Å². The molecule has 0 radical (unpaired) electrons. The zero-order valence-corrected chi connectivity index (χ0v) is 12.7. The highest BCUT2D eigenvalue weighted by Crippen LogP contribution is 2.23. The lowest BCUT2D eigenvalue weighted by atomic mass is 10.1. The molecular formula is C13H22N2O3S. The normalized spacial score (nSPS) is 11.8. The third-order valence-corrected chi connectivity index (χ3v) is 3.92. The minimum atomic E-state index is -3.40. The summed E-state index contributed by atoms with van der Waals surface area (Å²) < 4.78 is 31.6. The van der Waals surface area contributed by atoms with Crippen molar-refractivity contribution in [1.29, 1.82) is 0 Å². The number of hydrogen-bond donors (Lipinski definition) is 2. The van der Waals surface area contributed by atoms with E-state index in [1.807, 2.05) is 27.7 Å². The van der Waals surface area contributed by atoms with E-state index in [4.69, 9.17) is 10.5 Å². The number of nitrogen functional groups attached to an aromatic ring is 1. The predicted molar refractivity (Wildman–Crippen MR) is 78.8 cm³/mol. The van der Waals surface area contributed by atoms with Crippen LogP contribution >= 0.6 is 0 Å². The molecule has 19 heavy (non-hydrogen) atoms. The van der Waals surface area contributed by atoms with Gasteiger partial charge in [-0.3, -0.25) is 4.72 Å². The maximum Gasteiger partial charge on any atom is 0.235 e. The molecule has 0 aromatic heterocycles. The Morgan fingerprint density at radius 1 is 1.26 bits per heavy atom. The quantitative estimate of drug-likeness (QED) is 0.784. The van der Waals surface area contributed by atoms with Crippen LogP contribution in [0.2, 0.25) is 0 Å². The standard InChI is InChI=1S/C13H22N2O3S/c1-9(2)18-5-6-19(16,17)15-13-8-10(3)12(14)7-11(13)4/h7-9,15H,5-6,14H2,1-4H3.